The third-order valence-corrected chi connectivity index (χ3v) is 4.26. The highest BCUT2D eigenvalue weighted by atomic mass is 16.5. The van der Waals surface area contributed by atoms with Gasteiger partial charge in [0.05, 0.1) is 12.6 Å². The minimum Gasteiger partial charge on any atom is -0.381 e. The number of likely N-dealkylation sites (tertiary alicyclic amines) is 1. The van der Waals surface area contributed by atoms with Crippen LogP contribution in [-0.4, -0.2) is 49.7 Å². The topological polar surface area (TPSA) is 41.6 Å². The lowest BCUT2D eigenvalue weighted by Crippen LogP contribution is -2.47. The minimum absolute atomic E-state index is 0.0555. The Morgan fingerprint density at radius 3 is 2.63 bits per heavy atom. The maximum Gasteiger partial charge on any atom is 0.239 e. The van der Waals surface area contributed by atoms with Crippen LogP contribution in [0.5, 0.6) is 0 Å². The maximum absolute atomic E-state index is 12.4. The van der Waals surface area contributed by atoms with Crippen LogP contribution in [0.15, 0.2) is 0 Å². The van der Waals surface area contributed by atoms with Crippen LogP contribution in [0.4, 0.5) is 0 Å². The van der Waals surface area contributed by atoms with E-state index in [1.54, 1.807) is 0 Å². The van der Waals surface area contributed by atoms with Gasteiger partial charge in [-0.15, -0.1) is 0 Å². The molecule has 2 aliphatic heterocycles. The van der Waals surface area contributed by atoms with E-state index in [0.29, 0.717) is 5.92 Å². The number of nitrogens with one attached hydrogen (secondary N) is 1. The molecule has 0 aromatic heterocycles. The first-order chi connectivity index (χ1) is 9.27. The number of rotatable bonds is 4. The van der Waals surface area contributed by atoms with Gasteiger partial charge < -0.3 is 15.0 Å². The molecule has 1 N–H and O–H groups in total. The van der Waals surface area contributed by atoms with Crippen LogP contribution in [0.2, 0.25) is 0 Å². The SMILES string of the molecule is CC(NCC1CCCOC1)C(=O)N1CCCCCC1. The second kappa shape index (κ2) is 7.85. The monoisotopic (exact) mass is 268 g/mol. The van der Waals surface area contributed by atoms with Crippen LogP contribution in [0, 0.1) is 5.92 Å². The van der Waals surface area contributed by atoms with Gasteiger partial charge >= 0.3 is 0 Å². The summed E-state index contributed by atoms with van der Waals surface area (Å²) in [7, 11) is 0. The number of carbonyl (C=O) groups is 1. The predicted octanol–water partition coefficient (Wildman–Crippen LogP) is 1.79. The second-order valence-electron chi connectivity index (χ2n) is 5.95. The summed E-state index contributed by atoms with van der Waals surface area (Å²) >= 11 is 0. The molecule has 19 heavy (non-hydrogen) atoms. The summed E-state index contributed by atoms with van der Waals surface area (Å²) in [6.07, 6.45) is 7.23. The van der Waals surface area contributed by atoms with E-state index in [9.17, 15) is 4.79 Å². The molecule has 0 saturated carbocycles. The minimum atomic E-state index is -0.0555. The Labute approximate surface area is 116 Å². The van der Waals surface area contributed by atoms with Crippen LogP contribution >= 0.6 is 0 Å². The van der Waals surface area contributed by atoms with E-state index in [1.165, 1.54) is 19.3 Å². The summed E-state index contributed by atoms with van der Waals surface area (Å²) in [5.74, 6) is 0.853. The summed E-state index contributed by atoms with van der Waals surface area (Å²) < 4.78 is 5.47. The molecule has 4 heteroatoms. The Morgan fingerprint density at radius 1 is 1.26 bits per heavy atom. The lowest BCUT2D eigenvalue weighted by molar-refractivity contribution is -0.133. The Balaban J connectivity index is 1.71. The molecule has 2 rings (SSSR count). The molecule has 2 saturated heterocycles. The summed E-state index contributed by atoms with van der Waals surface area (Å²) in [6, 6.07) is -0.0555. The van der Waals surface area contributed by atoms with Gasteiger partial charge in [-0.05, 0) is 38.5 Å². The molecule has 2 aliphatic rings. The molecule has 0 aromatic rings. The highest BCUT2D eigenvalue weighted by Crippen LogP contribution is 2.13. The molecule has 110 valence electrons. The number of ether oxygens (including phenoxy) is 1. The quantitative estimate of drug-likeness (QED) is 0.845. The van der Waals surface area contributed by atoms with Crippen molar-refractivity contribution >= 4 is 5.91 Å². The largest absolute Gasteiger partial charge is 0.381 e. The normalized spacial score (nSPS) is 26.8. The zero-order valence-electron chi connectivity index (χ0n) is 12.2. The van der Waals surface area contributed by atoms with Crippen LogP contribution in [0.3, 0.4) is 0 Å². The number of hydrogen-bond donors (Lipinski definition) is 1. The molecule has 2 unspecified atom stereocenters. The molecule has 0 bridgehead atoms. The zero-order valence-corrected chi connectivity index (χ0v) is 12.2. The van der Waals surface area contributed by atoms with E-state index < -0.39 is 0 Å². The average molecular weight is 268 g/mol. The van der Waals surface area contributed by atoms with Gasteiger partial charge in [0.1, 0.15) is 0 Å². The molecule has 2 heterocycles. The standard InChI is InChI=1S/C15H28N2O2/c1-13(16-11-14-7-6-10-19-12-14)15(18)17-8-4-2-3-5-9-17/h13-14,16H,2-12H2,1H3. The van der Waals surface area contributed by atoms with Crippen LogP contribution < -0.4 is 5.32 Å². The highest BCUT2D eigenvalue weighted by molar-refractivity contribution is 5.81. The van der Waals surface area contributed by atoms with E-state index in [-0.39, 0.29) is 11.9 Å². The second-order valence-corrected chi connectivity index (χ2v) is 5.95. The smallest absolute Gasteiger partial charge is 0.239 e. The van der Waals surface area contributed by atoms with E-state index in [2.05, 4.69) is 5.32 Å². The maximum atomic E-state index is 12.4. The van der Waals surface area contributed by atoms with Crippen molar-refractivity contribution in [3.05, 3.63) is 0 Å². The van der Waals surface area contributed by atoms with Crippen LogP contribution in [-0.2, 0) is 9.53 Å². The van der Waals surface area contributed by atoms with Crippen molar-refractivity contribution in [2.75, 3.05) is 32.8 Å². The fraction of sp³-hybridized carbons (Fsp3) is 0.933. The molecule has 0 spiro atoms. The fourth-order valence-electron chi connectivity index (χ4n) is 2.96. The molecule has 4 nitrogen and oxygen atoms in total. The van der Waals surface area contributed by atoms with Crippen molar-refractivity contribution in [3.63, 3.8) is 0 Å². The third-order valence-electron chi connectivity index (χ3n) is 4.26. The molecule has 0 aliphatic carbocycles. The first kappa shape index (κ1) is 14.8. The average Bonchev–Trinajstić information content (AvgIpc) is 2.74. The Bertz CT molecular complexity index is 269. The lowest BCUT2D eigenvalue weighted by atomic mass is 10.0. The molecule has 2 atom stereocenters. The number of nitrogens with zero attached hydrogens (tertiary/aromatic N) is 1. The predicted molar refractivity (Wildman–Crippen MR) is 76.1 cm³/mol. The van der Waals surface area contributed by atoms with E-state index in [4.69, 9.17) is 4.74 Å². The lowest BCUT2D eigenvalue weighted by Gasteiger charge is -2.27. The Hall–Kier alpha value is -0.610. The van der Waals surface area contributed by atoms with Crippen LogP contribution in [0.1, 0.15) is 45.4 Å². The summed E-state index contributed by atoms with van der Waals surface area (Å²) in [5, 5.41) is 3.40. The molecule has 0 aromatic carbocycles. The molecule has 2 fully saturated rings. The van der Waals surface area contributed by atoms with Crippen molar-refractivity contribution in [3.8, 4) is 0 Å². The van der Waals surface area contributed by atoms with Crippen molar-refractivity contribution in [1.82, 2.24) is 10.2 Å². The first-order valence-corrected chi connectivity index (χ1v) is 7.87. The van der Waals surface area contributed by atoms with Gasteiger partial charge in [0.2, 0.25) is 5.91 Å². The third kappa shape index (κ3) is 4.77. The number of carbonyl (C=O) groups excluding carboxylic acids is 1. The molecular weight excluding hydrogens is 240 g/mol. The number of amides is 1. The van der Waals surface area contributed by atoms with Gasteiger partial charge in [-0.1, -0.05) is 12.8 Å². The highest BCUT2D eigenvalue weighted by Gasteiger charge is 2.22. The van der Waals surface area contributed by atoms with Gasteiger partial charge in [0, 0.05) is 26.2 Å². The van der Waals surface area contributed by atoms with Gasteiger partial charge in [-0.2, -0.15) is 0 Å². The molecule has 1 amide bonds. The summed E-state index contributed by atoms with van der Waals surface area (Å²) in [4.78, 5) is 14.4. The van der Waals surface area contributed by atoms with E-state index in [0.717, 1.165) is 52.1 Å². The van der Waals surface area contributed by atoms with E-state index >= 15 is 0 Å². The molecular formula is C15H28N2O2. The van der Waals surface area contributed by atoms with Gasteiger partial charge in [0.15, 0.2) is 0 Å². The molecule has 0 radical (unpaired) electrons. The summed E-state index contributed by atoms with van der Waals surface area (Å²) in [5.41, 5.74) is 0. The fourth-order valence-corrected chi connectivity index (χ4v) is 2.96. The van der Waals surface area contributed by atoms with Crippen molar-refractivity contribution < 1.29 is 9.53 Å². The Morgan fingerprint density at radius 2 is 2.00 bits per heavy atom. The van der Waals surface area contributed by atoms with Crippen molar-refractivity contribution in [2.45, 2.75) is 51.5 Å². The summed E-state index contributed by atoms with van der Waals surface area (Å²) in [6.45, 7) is 6.53. The number of hydrogen-bond acceptors (Lipinski definition) is 3. The van der Waals surface area contributed by atoms with Gasteiger partial charge in [-0.3, -0.25) is 4.79 Å². The first-order valence-electron chi connectivity index (χ1n) is 7.87. The van der Waals surface area contributed by atoms with Crippen molar-refractivity contribution in [2.24, 2.45) is 5.92 Å². The zero-order chi connectivity index (χ0) is 13.5. The Kier molecular flexibility index (Phi) is 6.11. The van der Waals surface area contributed by atoms with Crippen molar-refractivity contribution in [1.29, 1.82) is 0 Å². The van der Waals surface area contributed by atoms with Gasteiger partial charge in [-0.25, -0.2) is 0 Å². The van der Waals surface area contributed by atoms with E-state index in [1.807, 2.05) is 11.8 Å². The van der Waals surface area contributed by atoms with Crippen LogP contribution in [0.25, 0.3) is 0 Å². The van der Waals surface area contributed by atoms with Gasteiger partial charge in [0.25, 0.3) is 0 Å².